The van der Waals surface area contributed by atoms with Gasteiger partial charge in [-0.1, -0.05) is 18.2 Å². The van der Waals surface area contributed by atoms with E-state index in [9.17, 15) is 9.59 Å². The van der Waals surface area contributed by atoms with Crippen LogP contribution in [-0.4, -0.2) is 43.4 Å². The molecule has 0 aliphatic carbocycles. The highest BCUT2D eigenvalue weighted by Gasteiger charge is 2.24. The molecule has 0 unspecified atom stereocenters. The molecule has 0 bridgehead atoms. The highest BCUT2D eigenvalue weighted by atomic mass is 35.5. The first kappa shape index (κ1) is 17.5. The van der Waals surface area contributed by atoms with Crippen LogP contribution in [0.25, 0.3) is 0 Å². The average Bonchev–Trinajstić information content (AvgIpc) is 2.48. The Bertz CT molecular complexity index is 461. The number of carbonyl (C=O) groups excluding carboxylic acids is 2. The number of rotatable bonds is 4. The van der Waals surface area contributed by atoms with Crippen LogP contribution in [0, 0.1) is 5.92 Å². The number of nitrogens with one attached hydrogen (secondary N) is 2. The largest absolute Gasteiger partial charge is 0.336 e. The number of para-hydroxylation sites is 1. The topological polar surface area (TPSA) is 61.4 Å². The Morgan fingerprint density at radius 3 is 2.67 bits per heavy atom. The van der Waals surface area contributed by atoms with Crippen LogP contribution in [0.1, 0.15) is 12.8 Å². The van der Waals surface area contributed by atoms with Crippen molar-refractivity contribution in [2.45, 2.75) is 12.8 Å². The summed E-state index contributed by atoms with van der Waals surface area (Å²) in [6.07, 6.45) is 1.91. The fourth-order valence-electron chi connectivity index (χ4n) is 2.39. The first-order valence-electron chi connectivity index (χ1n) is 6.97. The lowest BCUT2D eigenvalue weighted by Gasteiger charge is -2.26. The molecule has 1 saturated heterocycles. The first-order chi connectivity index (χ1) is 9.66. The summed E-state index contributed by atoms with van der Waals surface area (Å²) in [5.41, 5.74) is 0.748. The molecule has 1 aliphatic heterocycles. The van der Waals surface area contributed by atoms with Crippen molar-refractivity contribution in [1.29, 1.82) is 0 Å². The maximum absolute atomic E-state index is 12.2. The van der Waals surface area contributed by atoms with Gasteiger partial charge in [0.25, 0.3) is 0 Å². The molecule has 1 aliphatic rings. The molecular formula is C15H22ClN3O2. The smallest absolute Gasteiger partial charge is 0.243 e. The summed E-state index contributed by atoms with van der Waals surface area (Å²) in [7, 11) is 1.68. The summed E-state index contributed by atoms with van der Waals surface area (Å²) in [5.74, 6) is -0.130. The van der Waals surface area contributed by atoms with E-state index in [1.807, 2.05) is 30.3 Å². The highest BCUT2D eigenvalue weighted by Crippen LogP contribution is 2.12. The molecule has 5 nitrogen and oxygen atoms in total. The molecule has 2 amide bonds. The van der Waals surface area contributed by atoms with Crippen molar-refractivity contribution in [2.24, 2.45) is 5.92 Å². The molecule has 0 radical (unpaired) electrons. The van der Waals surface area contributed by atoms with Gasteiger partial charge in [-0.2, -0.15) is 0 Å². The van der Waals surface area contributed by atoms with Gasteiger partial charge >= 0.3 is 0 Å². The van der Waals surface area contributed by atoms with Gasteiger partial charge in [0.05, 0.1) is 12.5 Å². The van der Waals surface area contributed by atoms with E-state index in [-0.39, 0.29) is 36.7 Å². The fraction of sp³-hybridized carbons (Fsp3) is 0.467. The zero-order valence-electron chi connectivity index (χ0n) is 12.2. The number of likely N-dealkylation sites (N-methyl/N-ethyl adjacent to an activating group) is 1. The second kappa shape index (κ2) is 8.64. The molecule has 1 heterocycles. The van der Waals surface area contributed by atoms with E-state index < -0.39 is 0 Å². The molecular weight excluding hydrogens is 290 g/mol. The van der Waals surface area contributed by atoms with E-state index in [4.69, 9.17) is 0 Å². The summed E-state index contributed by atoms with van der Waals surface area (Å²) in [4.78, 5) is 25.6. The molecule has 21 heavy (non-hydrogen) atoms. The Balaban J connectivity index is 0.00000220. The van der Waals surface area contributed by atoms with Crippen LogP contribution in [0.5, 0.6) is 0 Å². The van der Waals surface area contributed by atoms with Crippen LogP contribution < -0.4 is 10.6 Å². The van der Waals surface area contributed by atoms with Crippen LogP contribution in [0.15, 0.2) is 30.3 Å². The fourth-order valence-corrected chi connectivity index (χ4v) is 2.39. The summed E-state index contributed by atoms with van der Waals surface area (Å²) >= 11 is 0. The Morgan fingerprint density at radius 2 is 2.05 bits per heavy atom. The molecule has 2 rings (SSSR count). The number of amides is 2. The Hall–Kier alpha value is -1.59. The van der Waals surface area contributed by atoms with Crippen molar-refractivity contribution in [1.82, 2.24) is 10.2 Å². The predicted molar refractivity (Wildman–Crippen MR) is 85.6 cm³/mol. The lowest BCUT2D eigenvalue weighted by Crippen LogP contribution is -2.43. The molecule has 2 N–H and O–H groups in total. The molecule has 1 aromatic carbocycles. The number of piperidine rings is 1. The van der Waals surface area contributed by atoms with Gasteiger partial charge < -0.3 is 15.5 Å². The zero-order valence-corrected chi connectivity index (χ0v) is 13.0. The molecule has 0 saturated carbocycles. The number of carbonyl (C=O) groups is 2. The maximum Gasteiger partial charge on any atom is 0.243 e. The molecule has 1 aromatic rings. The van der Waals surface area contributed by atoms with Crippen molar-refractivity contribution in [3.8, 4) is 0 Å². The lowest BCUT2D eigenvalue weighted by molar-refractivity contribution is -0.137. The second-order valence-corrected chi connectivity index (χ2v) is 5.15. The van der Waals surface area contributed by atoms with Crippen molar-refractivity contribution >= 4 is 29.9 Å². The number of hydrogen-bond acceptors (Lipinski definition) is 3. The number of benzene rings is 1. The predicted octanol–water partition coefficient (Wildman–Crippen LogP) is 1.50. The van der Waals surface area contributed by atoms with Gasteiger partial charge in [-0.3, -0.25) is 9.59 Å². The number of anilines is 1. The third kappa shape index (κ3) is 5.36. The lowest BCUT2D eigenvalue weighted by atomic mass is 9.98. The summed E-state index contributed by atoms with van der Waals surface area (Å²) in [6, 6.07) is 9.26. The van der Waals surface area contributed by atoms with Gasteiger partial charge in [0.2, 0.25) is 11.8 Å². The summed E-state index contributed by atoms with van der Waals surface area (Å²) < 4.78 is 0. The Kier molecular flexibility index (Phi) is 7.19. The zero-order chi connectivity index (χ0) is 14.4. The van der Waals surface area contributed by atoms with E-state index >= 15 is 0 Å². The SMILES string of the molecule is CN(CC(=O)Nc1ccccc1)C(=O)[C@@H]1CCCNC1.Cl. The van der Waals surface area contributed by atoms with Crippen molar-refractivity contribution in [2.75, 3.05) is 32.0 Å². The first-order valence-corrected chi connectivity index (χ1v) is 6.97. The molecule has 6 heteroatoms. The van der Waals surface area contributed by atoms with Crippen LogP contribution in [0.2, 0.25) is 0 Å². The van der Waals surface area contributed by atoms with Crippen molar-refractivity contribution in [3.63, 3.8) is 0 Å². The Morgan fingerprint density at radius 1 is 1.33 bits per heavy atom. The average molecular weight is 312 g/mol. The summed E-state index contributed by atoms with van der Waals surface area (Å²) in [5, 5.41) is 6.00. The number of hydrogen-bond donors (Lipinski definition) is 2. The van der Waals surface area contributed by atoms with Crippen LogP contribution in [0.4, 0.5) is 5.69 Å². The summed E-state index contributed by atoms with van der Waals surface area (Å²) in [6.45, 7) is 1.77. The molecule has 1 atom stereocenters. The highest BCUT2D eigenvalue weighted by molar-refractivity contribution is 5.94. The number of halogens is 1. The normalized spacial score (nSPS) is 17.5. The molecule has 0 spiro atoms. The van der Waals surface area contributed by atoms with Gasteiger partial charge in [0, 0.05) is 19.3 Å². The van der Waals surface area contributed by atoms with E-state index in [2.05, 4.69) is 10.6 Å². The minimum atomic E-state index is -0.171. The van der Waals surface area contributed by atoms with E-state index in [1.165, 1.54) is 4.90 Å². The van der Waals surface area contributed by atoms with E-state index in [0.29, 0.717) is 6.54 Å². The minimum Gasteiger partial charge on any atom is -0.336 e. The quantitative estimate of drug-likeness (QED) is 0.886. The third-order valence-electron chi connectivity index (χ3n) is 3.46. The Labute approximate surface area is 131 Å². The van der Waals surface area contributed by atoms with Gasteiger partial charge in [-0.25, -0.2) is 0 Å². The monoisotopic (exact) mass is 311 g/mol. The molecule has 116 valence electrons. The second-order valence-electron chi connectivity index (χ2n) is 5.15. The van der Waals surface area contributed by atoms with Gasteiger partial charge in [-0.05, 0) is 31.5 Å². The molecule has 1 fully saturated rings. The van der Waals surface area contributed by atoms with E-state index in [0.717, 1.165) is 25.1 Å². The van der Waals surface area contributed by atoms with Crippen LogP contribution >= 0.6 is 12.4 Å². The van der Waals surface area contributed by atoms with Gasteiger partial charge in [0.15, 0.2) is 0 Å². The maximum atomic E-state index is 12.2. The molecule has 0 aromatic heterocycles. The number of nitrogens with zero attached hydrogens (tertiary/aromatic N) is 1. The van der Waals surface area contributed by atoms with Crippen LogP contribution in [0.3, 0.4) is 0 Å². The standard InChI is InChI=1S/C15H21N3O2.ClH/c1-18(15(20)12-6-5-9-16-10-12)11-14(19)17-13-7-3-2-4-8-13;/h2-4,7-8,12,16H,5-6,9-11H2,1H3,(H,17,19);1H/t12-;/m1./s1. The minimum absolute atomic E-state index is 0. The van der Waals surface area contributed by atoms with Gasteiger partial charge in [-0.15, -0.1) is 12.4 Å². The van der Waals surface area contributed by atoms with E-state index in [1.54, 1.807) is 7.05 Å². The third-order valence-corrected chi connectivity index (χ3v) is 3.46. The van der Waals surface area contributed by atoms with Crippen molar-refractivity contribution in [3.05, 3.63) is 30.3 Å². The van der Waals surface area contributed by atoms with Crippen LogP contribution in [-0.2, 0) is 9.59 Å². The van der Waals surface area contributed by atoms with Gasteiger partial charge in [0.1, 0.15) is 0 Å². The van der Waals surface area contributed by atoms with Crippen molar-refractivity contribution < 1.29 is 9.59 Å².